The van der Waals surface area contributed by atoms with Gasteiger partial charge in [0.15, 0.2) is 0 Å². The molecule has 0 bridgehead atoms. The second kappa shape index (κ2) is 2.64. The second-order valence-electron chi connectivity index (χ2n) is 1.62. The molecule has 2 heteroatoms. The van der Waals surface area contributed by atoms with Crippen LogP contribution in [0.3, 0.4) is 0 Å². The number of hydrogen-bond acceptors (Lipinski definition) is 2. The van der Waals surface area contributed by atoms with Gasteiger partial charge in [-0.25, -0.2) is 0 Å². The first kappa shape index (κ1) is 6.50. The molecule has 0 aliphatic rings. The summed E-state index contributed by atoms with van der Waals surface area (Å²) in [6.07, 6.45) is 0. The summed E-state index contributed by atoms with van der Waals surface area (Å²) < 4.78 is 0. The maximum atomic E-state index is 8.37. The van der Waals surface area contributed by atoms with Crippen molar-refractivity contribution < 1.29 is 5.11 Å². The molecule has 0 radical (unpaired) electrons. The van der Waals surface area contributed by atoms with Gasteiger partial charge in [0.25, 0.3) is 0 Å². The van der Waals surface area contributed by atoms with E-state index >= 15 is 0 Å². The molecule has 0 saturated heterocycles. The smallest absolute Gasteiger partial charge is 0.0658 e. The summed E-state index contributed by atoms with van der Waals surface area (Å²) in [5.41, 5.74) is 6.82. The van der Waals surface area contributed by atoms with Crippen molar-refractivity contribution in [3.05, 3.63) is 11.3 Å². The van der Waals surface area contributed by atoms with Crippen LogP contribution in [0.1, 0.15) is 13.8 Å². The quantitative estimate of drug-likeness (QED) is 0.496. The molecule has 0 unspecified atom stereocenters. The first-order valence-corrected chi connectivity index (χ1v) is 2.21. The van der Waals surface area contributed by atoms with Crippen LogP contribution in [0.5, 0.6) is 0 Å². The molecule has 0 spiro atoms. The van der Waals surface area contributed by atoms with Gasteiger partial charge in [0, 0.05) is 5.70 Å². The molecule has 0 atom stereocenters. The fraction of sp³-hybridized carbons (Fsp3) is 0.600. The minimum atomic E-state index is 0.0718. The lowest BCUT2D eigenvalue weighted by atomic mass is 10.3. The Morgan fingerprint density at radius 3 is 2.00 bits per heavy atom. The molecule has 0 heterocycles. The Morgan fingerprint density at radius 2 is 2.00 bits per heavy atom. The Morgan fingerprint density at radius 1 is 1.57 bits per heavy atom. The third kappa shape index (κ3) is 2.23. The SMILES string of the molecule is C/C(N)=C(\C)CO. The van der Waals surface area contributed by atoms with Crippen molar-refractivity contribution >= 4 is 0 Å². The van der Waals surface area contributed by atoms with E-state index in [-0.39, 0.29) is 6.61 Å². The third-order valence-electron chi connectivity index (χ3n) is 0.910. The van der Waals surface area contributed by atoms with E-state index < -0.39 is 0 Å². The van der Waals surface area contributed by atoms with Crippen molar-refractivity contribution in [2.45, 2.75) is 13.8 Å². The van der Waals surface area contributed by atoms with E-state index in [0.717, 1.165) is 5.57 Å². The Labute approximate surface area is 43.6 Å². The number of nitrogens with two attached hydrogens (primary N) is 1. The largest absolute Gasteiger partial charge is 0.402 e. The van der Waals surface area contributed by atoms with E-state index in [1.54, 1.807) is 13.8 Å². The first-order chi connectivity index (χ1) is 3.18. The van der Waals surface area contributed by atoms with Crippen molar-refractivity contribution in [2.75, 3.05) is 6.61 Å². The number of hydrogen-bond donors (Lipinski definition) is 2. The molecular weight excluding hydrogens is 90.1 g/mol. The van der Waals surface area contributed by atoms with Crippen molar-refractivity contribution in [1.82, 2.24) is 0 Å². The van der Waals surface area contributed by atoms with Crippen LogP contribution in [0.2, 0.25) is 0 Å². The van der Waals surface area contributed by atoms with E-state index in [4.69, 9.17) is 10.8 Å². The molecule has 0 amide bonds. The predicted molar refractivity (Wildman–Crippen MR) is 29.6 cm³/mol. The van der Waals surface area contributed by atoms with Gasteiger partial charge in [0.2, 0.25) is 0 Å². The highest BCUT2D eigenvalue weighted by atomic mass is 16.3. The van der Waals surface area contributed by atoms with Crippen LogP contribution in [-0.2, 0) is 0 Å². The van der Waals surface area contributed by atoms with E-state index in [0.29, 0.717) is 5.70 Å². The number of allylic oxidation sites excluding steroid dienone is 1. The third-order valence-corrected chi connectivity index (χ3v) is 0.910. The van der Waals surface area contributed by atoms with Crippen LogP contribution in [0, 0.1) is 0 Å². The lowest BCUT2D eigenvalue weighted by Gasteiger charge is -1.94. The molecule has 42 valence electrons. The number of rotatable bonds is 1. The topological polar surface area (TPSA) is 46.2 Å². The lowest BCUT2D eigenvalue weighted by Crippen LogP contribution is -1.98. The van der Waals surface area contributed by atoms with E-state index in [2.05, 4.69) is 0 Å². The zero-order valence-corrected chi connectivity index (χ0v) is 4.73. The molecule has 3 N–H and O–H groups in total. The summed E-state index contributed by atoms with van der Waals surface area (Å²) in [6, 6.07) is 0. The van der Waals surface area contributed by atoms with Crippen LogP contribution >= 0.6 is 0 Å². The van der Waals surface area contributed by atoms with Crippen molar-refractivity contribution in [2.24, 2.45) is 5.73 Å². The second-order valence-corrected chi connectivity index (χ2v) is 1.62. The number of aliphatic hydroxyl groups is 1. The first-order valence-electron chi connectivity index (χ1n) is 2.21. The fourth-order valence-corrected chi connectivity index (χ4v) is 0.125. The molecular formula is C5H11NO. The monoisotopic (exact) mass is 101 g/mol. The molecule has 0 aliphatic carbocycles. The maximum absolute atomic E-state index is 8.37. The fourth-order valence-electron chi connectivity index (χ4n) is 0.125. The van der Waals surface area contributed by atoms with Crippen molar-refractivity contribution in [3.63, 3.8) is 0 Å². The standard InChI is InChI=1S/C5H11NO/c1-4(3-7)5(2)6/h7H,3,6H2,1-2H3/b5-4-. The normalized spacial score (nSPS) is 13.6. The summed E-state index contributed by atoms with van der Waals surface area (Å²) >= 11 is 0. The summed E-state index contributed by atoms with van der Waals surface area (Å²) in [4.78, 5) is 0. The van der Waals surface area contributed by atoms with Crippen molar-refractivity contribution in [1.29, 1.82) is 0 Å². The molecule has 2 nitrogen and oxygen atoms in total. The van der Waals surface area contributed by atoms with Crippen LogP contribution in [-0.4, -0.2) is 11.7 Å². The molecule has 0 fully saturated rings. The molecule has 0 saturated carbocycles. The molecule has 0 rings (SSSR count). The summed E-state index contributed by atoms with van der Waals surface area (Å²) in [5.74, 6) is 0. The Bertz CT molecular complexity index is 82.1. The van der Waals surface area contributed by atoms with Gasteiger partial charge in [0.1, 0.15) is 0 Å². The Kier molecular flexibility index (Phi) is 2.45. The summed E-state index contributed by atoms with van der Waals surface area (Å²) in [6.45, 7) is 3.64. The highest BCUT2D eigenvalue weighted by Crippen LogP contribution is 1.91. The van der Waals surface area contributed by atoms with Gasteiger partial charge in [0.05, 0.1) is 6.61 Å². The average Bonchev–Trinajstić information content (AvgIpc) is 1.65. The van der Waals surface area contributed by atoms with Crippen LogP contribution in [0.25, 0.3) is 0 Å². The average molecular weight is 101 g/mol. The highest BCUT2D eigenvalue weighted by Gasteiger charge is 1.84. The van der Waals surface area contributed by atoms with E-state index in [1.807, 2.05) is 0 Å². The van der Waals surface area contributed by atoms with Gasteiger partial charge >= 0.3 is 0 Å². The Hall–Kier alpha value is -0.500. The highest BCUT2D eigenvalue weighted by molar-refractivity contribution is 5.04. The zero-order valence-electron chi connectivity index (χ0n) is 4.73. The minimum absolute atomic E-state index is 0.0718. The van der Waals surface area contributed by atoms with Crippen LogP contribution in [0.4, 0.5) is 0 Å². The summed E-state index contributed by atoms with van der Waals surface area (Å²) in [7, 11) is 0. The molecule has 7 heavy (non-hydrogen) atoms. The predicted octanol–water partition coefficient (Wildman–Crippen LogP) is 0.231. The summed E-state index contributed by atoms with van der Waals surface area (Å²) in [5, 5.41) is 8.37. The zero-order chi connectivity index (χ0) is 5.86. The lowest BCUT2D eigenvalue weighted by molar-refractivity contribution is 0.330. The molecule has 0 aromatic carbocycles. The van der Waals surface area contributed by atoms with Crippen LogP contribution < -0.4 is 5.73 Å². The van der Waals surface area contributed by atoms with Gasteiger partial charge < -0.3 is 10.8 Å². The van der Waals surface area contributed by atoms with Crippen LogP contribution in [0.15, 0.2) is 11.3 Å². The minimum Gasteiger partial charge on any atom is -0.402 e. The maximum Gasteiger partial charge on any atom is 0.0658 e. The van der Waals surface area contributed by atoms with E-state index in [1.165, 1.54) is 0 Å². The van der Waals surface area contributed by atoms with Gasteiger partial charge in [-0.05, 0) is 19.4 Å². The van der Waals surface area contributed by atoms with Gasteiger partial charge in [-0.2, -0.15) is 0 Å². The van der Waals surface area contributed by atoms with E-state index in [9.17, 15) is 0 Å². The molecule has 0 aromatic heterocycles. The Balaban J connectivity index is 3.72. The molecule has 0 aromatic rings. The van der Waals surface area contributed by atoms with Crippen molar-refractivity contribution in [3.8, 4) is 0 Å². The van der Waals surface area contributed by atoms with Gasteiger partial charge in [-0.3, -0.25) is 0 Å². The van der Waals surface area contributed by atoms with Gasteiger partial charge in [-0.15, -0.1) is 0 Å². The number of aliphatic hydroxyl groups excluding tert-OH is 1. The van der Waals surface area contributed by atoms with Gasteiger partial charge in [-0.1, -0.05) is 0 Å². The molecule has 0 aliphatic heterocycles.